The molecule has 80 valence electrons. The highest BCUT2D eigenvalue weighted by Crippen LogP contribution is 2.30. The van der Waals surface area contributed by atoms with Crippen LogP contribution in [0.2, 0.25) is 5.02 Å². The molecule has 0 spiro atoms. The van der Waals surface area contributed by atoms with Crippen LogP contribution in [0.4, 0.5) is 0 Å². The van der Waals surface area contributed by atoms with Crippen molar-refractivity contribution in [2.24, 2.45) is 0 Å². The molecule has 0 atom stereocenters. The lowest BCUT2D eigenvalue weighted by molar-refractivity contribution is 0.112. The number of hydrogen-bond acceptors (Lipinski definition) is 1. The minimum atomic E-state index is 0.475. The molecule has 0 amide bonds. The zero-order chi connectivity index (χ0) is 11.5. The maximum atomic E-state index is 10.6. The monoisotopic (exact) mass is 294 g/mol. The first-order chi connectivity index (χ1) is 7.72. The highest BCUT2D eigenvalue weighted by Gasteiger charge is 2.05. The molecule has 2 aromatic carbocycles. The lowest BCUT2D eigenvalue weighted by atomic mass is 10.0. The van der Waals surface area contributed by atoms with Crippen molar-refractivity contribution in [2.45, 2.75) is 0 Å². The standard InChI is InChI=1S/C13H8BrClO/c14-12-4-2-1-3-11(12)9-5-6-10(8-16)13(15)7-9/h1-8H. The molecule has 0 saturated carbocycles. The molecule has 16 heavy (non-hydrogen) atoms. The summed E-state index contributed by atoms with van der Waals surface area (Å²) in [6, 6.07) is 13.3. The largest absolute Gasteiger partial charge is 0.298 e. The van der Waals surface area contributed by atoms with Gasteiger partial charge < -0.3 is 0 Å². The zero-order valence-electron chi connectivity index (χ0n) is 8.28. The smallest absolute Gasteiger partial charge is 0.151 e. The summed E-state index contributed by atoms with van der Waals surface area (Å²) in [7, 11) is 0. The van der Waals surface area contributed by atoms with Gasteiger partial charge in [0, 0.05) is 10.0 Å². The van der Waals surface area contributed by atoms with E-state index in [4.69, 9.17) is 11.6 Å². The molecule has 0 fully saturated rings. The van der Waals surface area contributed by atoms with Crippen molar-refractivity contribution in [3.63, 3.8) is 0 Å². The van der Waals surface area contributed by atoms with Crippen molar-refractivity contribution in [2.75, 3.05) is 0 Å². The average molecular weight is 296 g/mol. The van der Waals surface area contributed by atoms with E-state index in [1.807, 2.05) is 30.3 Å². The first kappa shape index (κ1) is 11.4. The first-order valence-electron chi connectivity index (χ1n) is 4.72. The van der Waals surface area contributed by atoms with Crippen molar-refractivity contribution in [1.82, 2.24) is 0 Å². The first-order valence-corrected chi connectivity index (χ1v) is 5.89. The molecule has 3 heteroatoms. The van der Waals surface area contributed by atoms with Crippen molar-refractivity contribution in [3.8, 4) is 11.1 Å². The Bertz CT molecular complexity index is 537. The Balaban J connectivity index is 2.54. The van der Waals surface area contributed by atoms with Crippen molar-refractivity contribution in [3.05, 3.63) is 57.5 Å². The van der Waals surface area contributed by atoms with Crippen LogP contribution < -0.4 is 0 Å². The molecule has 0 aromatic heterocycles. The van der Waals surface area contributed by atoms with Crippen LogP contribution in [0.15, 0.2) is 46.9 Å². The SMILES string of the molecule is O=Cc1ccc(-c2ccccc2Br)cc1Cl. The second-order valence-corrected chi connectivity index (χ2v) is 4.60. The van der Waals surface area contributed by atoms with Gasteiger partial charge in [0.1, 0.15) is 0 Å². The third kappa shape index (κ3) is 2.18. The molecule has 1 nitrogen and oxygen atoms in total. The Morgan fingerprint density at radius 1 is 1.12 bits per heavy atom. The average Bonchev–Trinajstić information content (AvgIpc) is 2.29. The minimum Gasteiger partial charge on any atom is -0.298 e. The number of hydrogen-bond donors (Lipinski definition) is 0. The predicted molar refractivity (Wildman–Crippen MR) is 70.0 cm³/mol. The van der Waals surface area contributed by atoms with Gasteiger partial charge in [-0.05, 0) is 29.3 Å². The Morgan fingerprint density at radius 3 is 2.50 bits per heavy atom. The number of benzene rings is 2. The number of halogens is 2. The molecule has 0 bridgehead atoms. The van der Waals surface area contributed by atoms with Crippen LogP contribution in [-0.4, -0.2) is 6.29 Å². The Morgan fingerprint density at radius 2 is 1.88 bits per heavy atom. The third-order valence-corrected chi connectivity index (χ3v) is 3.33. The fourth-order valence-corrected chi connectivity index (χ4v) is 2.22. The fourth-order valence-electron chi connectivity index (χ4n) is 1.49. The number of aldehydes is 1. The third-order valence-electron chi connectivity index (χ3n) is 2.31. The van der Waals surface area contributed by atoms with Crippen LogP contribution in [0.25, 0.3) is 11.1 Å². The summed E-state index contributed by atoms with van der Waals surface area (Å²) in [6.07, 6.45) is 0.756. The Hall–Kier alpha value is -1.12. The van der Waals surface area contributed by atoms with Crippen molar-refractivity contribution in [1.29, 1.82) is 0 Å². The van der Waals surface area contributed by atoms with Gasteiger partial charge in [0.15, 0.2) is 6.29 Å². The summed E-state index contributed by atoms with van der Waals surface area (Å²) in [4.78, 5) is 10.6. The van der Waals surface area contributed by atoms with E-state index in [1.54, 1.807) is 12.1 Å². The molecular weight excluding hydrogens is 287 g/mol. The minimum absolute atomic E-state index is 0.475. The van der Waals surface area contributed by atoms with E-state index in [-0.39, 0.29) is 0 Å². The van der Waals surface area contributed by atoms with Gasteiger partial charge in [-0.1, -0.05) is 51.8 Å². The van der Waals surface area contributed by atoms with E-state index in [0.29, 0.717) is 10.6 Å². The highest BCUT2D eigenvalue weighted by atomic mass is 79.9. The number of rotatable bonds is 2. The van der Waals surface area contributed by atoms with Gasteiger partial charge in [0.25, 0.3) is 0 Å². The maximum Gasteiger partial charge on any atom is 0.151 e. The van der Waals surface area contributed by atoms with Crippen LogP contribution in [-0.2, 0) is 0 Å². The Kier molecular flexibility index (Phi) is 3.42. The van der Waals surface area contributed by atoms with Crippen molar-refractivity contribution >= 4 is 33.8 Å². The van der Waals surface area contributed by atoms with Crippen molar-refractivity contribution < 1.29 is 4.79 Å². The highest BCUT2D eigenvalue weighted by molar-refractivity contribution is 9.10. The molecule has 0 N–H and O–H groups in total. The quantitative estimate of drug-likeness (QED) is 0.741. The van der Waals surface area contributed by atoms with Gasteiger partial charge in [-0.3, -0.25) is 4.79 Å². The lowest BCUT2D eigenvalue weighted by Crippen LogP contribution is -1.84. The summed E-state index contributed by atoms with van der Waals surface area (Å²) in [6.45, 7) is 0. The van der Waals surface area contributed by atoms with Gasteiger partial charge in [-0.25, -0.2) is 0 Å². The second kappa shape index (κ2) is 4.81. The second-order valence-electron chi connectivity index (χ2n) is 3.33. The molecule has 0 aliphatic rings. The summed E-state index contributed by atoms with van der Waals surface area (Å²) < 4.78 is 1.00. The Labute approximate surface area is 107 Å². The number of carbonyl (C=O) groups is 1. The molecule has 0 saturated heterocycles. The van der Waals surface area contributed by atoms with Gasteiger partial charge in [0.05, 0.1) is 5.02 Å². The molecule has 0 unspecified atom stereocenters. The van der Waals surface area contributed by atoms with Gasteiger partial charge in [-0.15, -0.1) is 0 Å². The van der Waals surface area contributed by atoms with Crippen LogP contribution >= 0.6 is 27.5 Å². The van der Waals surface area contributed by atoms with Crippen LogP contribution in [0.1, 0.15) is 10.4 Å². The maximum absolute atomic E-state index is 10.6. The van der Waals surface area contributed by atoms with Gasteiger partial charge >= 0.3 is 0 Å². The van der Waals surface area contributed by atoms with E-state index in [2.05, 4.69) is 15.9 Å². The lowest BCUT2D eigenvalue weighted by Gasteiger charge is -2.05. The van der Waals surface area contributed by atoms with Crippen LogP contribution in [0.5, 0.6) is 0 Å². The van der Waals surface area contributed by atoms with Crippen LogP contribution in [0.3, 0.4) is 0 Å². The van der Waals surface area contributed by atoms with E-state index in [9.17, 15) is 4.79 Å². The van der Waals surface area contributed by atoms with E-state index >= 15 is 0 Å². The predicted octanol–water partition coefficient (Wildman–Crippen LogP) is 4.58. The molecule has 2 aromatic rings. The molecule has 0 aliphatic carbocycles. The number of carbonyl (C=O) groups excluding carboxylic acids is 1. The van der Waals surface area contributed by atoms with E-state index in [0.717, 1.165) is 21.9 Å². The topological polar surface area (TPSA) is 17.1 Å². The van der Waals surface area contributed by atoms with Crippen LogP contribution in [0, 0.1) is 0 Å². The van der Waals surface area contributed by atoms with E-state index < -0.39 is 0 Å². The van der Waals surface area contributed by atoms with Gasteiger partial charge in [0.2, 0.25) is 0 Å². The summed E-state index contributed by atoms with van der Waals surface area (Å²) in [5.41, 5.74) is 2.56. The summed E-state index contributed by atoms with van der Waals surface area (Å²) in [5, 5.41) is 0.475. The zero-order valence-corrected chi connectivity index (χ0v) is 10.6. The summed E-state index contributed by atoms with van der Waals surface area (Å²) in [5.74, 6) is 0. The van der Waals surface area contributed by atoms with Gasteiger partial charge in [-0.2, -0.15) is 0 Å². The fraction of sp³-hybridized carbons (Fsp3) is 0. The molecular formula is C13H8BrClO. The van der Waals surface area contributed by atoms with E-state index in [1.165, 1.54) is 0 Å². The normalized spacial score (nSPS) is 10.1. The molecule has 2 rings (SSSR count). The molecule has 0 radical (unpaired) electrons. The molecule has 0 heterocycles. The summed E-state index contributed by atoms with van der Waals surface area (Å²) >= 11 is 9.47. The molecule has 0 aliphatic heterocycles.